The fourth-order valence-electron chi connectivity index (χ4n) is 2.03. The molecule has 0 atom stereocenters. The van der Waals surface area contributed by atoms with E-state index >= 15 is 0 Å². The van der Waals surface area contributed by atoms with Gasteiger partial charge in [0.25, 0.3) is 5.89 Å². The minimum absolute atomic E-state index is 0.00922. The first-order chi connectivity index (χ1) is 11.3. The SMILES string of the molecule is COC(=O)Cc1nnc(-c2cc3nc(C)cc(C(F)(F)F)n3n2)o1. The molecule has 0 fully saturated rings. The zero-order valence-electron chi connectivity index (χ0n) is 12.5. The van der Waals surface area contributed by atoms with Crippen molar-refractivity contribution in [3.8, 4) is 11.6 Å². The van der Waals surface area contributed by atoms with Crippen molar-refractivity contribution in [1.82, 2.24) is 24.8 Å². The maximum atomic E-state index is 13.1. The Morgan fingerprint density at radius 1 is 1.33 bits per heavy atom. The van der Waals surface area contributed by atoms with E-state index < -0.39 is 17.8 Å². The number of halogens is 3. The van der Waals surface area contributed by atoms with E-state index in [2.05, 4.69) is 25.0 Å². The highest BCUT2D eigenvalue weighted by molar-refractivity contribution is 5.71. The Hall–Kier alpha value is -2.98. The number of aryl methyl sites for hydroxylation is 1. The fourth-order valence-corrected chi connectivity index (χ4v) is 2.03. The number of aromatic nitrogens is 5. The summed E-state index contributed by atoms with van der Waals surface area (Å²) >= 11 is 0. The highest BCUT2D eigenvalue weighted by Crippen LogP contribution is 2.30. The molecule has 0 bridgehead atoms. The molecule has 0 radical (unpaired) electrons. The minimum atomic E-state index is -4.60. The molecule has 11 heteroatoms. The van der Waals surface area contributed by atoms with E-state index in [1.165, 1.54) is 20.1 Å². The number of methoxy groups -OCH3 is 1. The normalized spacial score (nSPS) is 11.9. The van der Waals surface area contributed by atoms with E-state index in [1.54, 1.807) is 0 Å². The zero-order chi connectivity index (χ0) is 17.5. The molecule has 3 aromatic heterocycles. The average molecular weight is 341 g/mol. The van der Waals surface area contributed by atoms with Crippen molar-refractivity contribution in [3.05, 3.63) is 29.4 Å². The molecule has 3 aromatic rings. The molecule has 0 spiro atoms. The van der Waals surface area contributed by atoms with E-state index in [0.717, 1.165) is 6.07 Å². The Bertz CT molecular complexity index is 915. The maximum Gasteiger partial charge on any atom is 0.433 e. The van der Waals surface area contributed by atoms with Crippen LogP contribution in [0.15, 0.2) is 16.5 Å². The molecule has 0 aliphatic carbocycles. The van der Waals surface area contributed by atoms with Crippen LogP contribution in [0.2, 0.25) is 0 Å². The van der Waals surface area contributed by atoms with Crippen LogP contribution in [0.1, 0.15) is 17.3 Å². The van der Waals surface area contributed by atoms with Crippen molar-refractivity contribution in [1.29, 1.82) is 0 Å². The van der Waals surface area contributed by atoms with E-state index in [0.29, 0.717) is 4.52 Å². The number of carbonyl (C=O) groups is 1. The van der Waals surface area contributed by atoms with E-state index in [1.807, 2.05) is 0 Å². The lowest BCUT2D eigenvalue weighted by molar-refractivity contribution is -0.143. The summed E-state index contributed by atoms with van der Waals surface area (Å²) in [6.07, 6.45) is -4.85. The lowest BCUT2D eigenvalue weighted by atomic mass is 10.3. The largest absolute Gasteiger partial charge is 0.469 e. The Balaban J connectivity index is 2.04. The van der Waals surface area contributed by atoms with Crippen LogP contribution in [0.4, 0.5) is 13.2 Å². The summed E-state index contributed by atoms with van der Waals surface area (Å²) in [4.78, 5) is 15.2. The summed E-state index contributed by atoms with van der Waals surface area (Å²) < 4.78 is 49.7. The summed E-state index contributed by atoms with van der Waals surface area (Å²) in [6, 6.07) is 2.18. The predicted octanol–water partition coefficient (Wildman–Crippen LogP) is 1.82. The molecular weight excluding hydrogens is 331 g/mol. The van der Waals surface area contributed by atoms with Gasteiger partial charge < -0.3 is 9.15 Å². The number of hydrogen-bond acceptors (Lipinski definition) is 7. The number of ether oxygens (including phenoxy) is 1. The number of nitrogens with zero attached hydrogens (tertiary/aromatic N) is 5. The van der Waals surface area contributed by atoms with Gasteiger partial charge in [-0.05, 0) is 13.0 Å². The molecule has 0 amide bonds. The molecular formula is C13H10F3N5O3. The molecule has 0 saturated heterocycles. The van der Waals surface area contributed by atoms with Crippen LogP contribution < -0.4 is 0 Å². The number of hydrogen-bond donors (Lipinski definition) is 0. The zero-order valence-corrected chi connectivity index (χ0v) is 12.5. The lowest BCUT2D eigenvalue weighted by Crippen LogP contribution is -2.13. The first kappa shape index (κ1) is 15.9. The maximum absolute atomic E-state index is 13.1. The molecule has 3 rings (SSSR count). The molecule has 126 valence electrons. The van der Waals surface area contributed by atoms with Gasteiger partial charge >= 0.3 is 12.1 Å². The van der Waals surface area contributed by atoms with Crippen LogP contribution in [-0.2, 0) is 22.1 Å². The van der Waals surface area contributed by atoms with Gasteiger partial charge in [0.15, 0.2) is 11.3 Å². The van der Waals surface area contributed by atoms with Gasteiger partial charge in [-0.25, -0.2) is 9.50 Å². The summed E-state index contributed by atoms with van der Waals surface area (Å²) in [5.41, 5.74) is -0.768. The average Bonchev–Trinajstić information content (AvgIpc) is 3.11. The van der Waals surface area contributed by atoms with Gasteiger partial charge in [-0.1, -0.05) is 0 Å². The summed E-state index contributed by atoms with van der Waals surface area (Å²) in [5, 5.41) is 11.1. The molecule has 24 heavy (non-hydrogen) atoms. The number of fused-ring (bicyclic) bond motifs is 1. The van der Waals surface area contributed by atoms with Crippen molar-refractivity contribution in [2.75, 3.05) is 7.11 Å². The van der Waals surface area contributed by atoms with Crippen LogP contribution in [0, 0.1) is 6.92 Å². The van der Waals surface area contributed by atoms with Crippen molar-refractivity contribution in [2.24, 2.45) is 0 Å². The summed E-state index contributed by atoms with van der Waals surface area (Å²) in [5.74, 6) is -0.740. The third-order valence-electron chi connectivity index (χ3n) is 3.05. The lowest BCUT2D eigenvalue weighted by Gasteiger charge is -2.08. The topological polar surface area (TPSA) is 95.4 Å². The van der Waals surface area contributed by atoms with Crippen molar-refractivity contribution >= 4 is 11.6 Å². The van der Waals surface area contributed by atoms with E-state index in [9.17, 15) is 18.0 Å². The number of rotatable bonds is 3. The highest BCUT2D eigenvalue weighted by Gasteiger charge is 2.35. The van der Waals surface area contributed by atoms with Crippen LogP contribution in [0.5, 0.6) is 0 Å². The second-order valence-corrected chi connectivity index (χ2v) is 4.83. The standard InChI is InChI=1S/C13H10F3N5O3/c1-6-3-8(13(14,15)16)21-9(17-6)4-7(20-21)12-19-18-10(24-12)5-11(22)23-2/h3-4H,5H2,1-2H3. The monoisotopic (exact) mass is 341 g/mol. The van der Waals surface area contributed by atoms with Crippen LogP contribution >= 0.6 is 0 Å². The van der Waals surface area contributed by atoms with Gasteiger partial charge in [-0.3, -0.25) is 4.79 Å². The van der Waals surface area contributed by atoms with Crippen LogP contribution in [0.25, 0.3) is 17.2 Å². The van der Waals surface area contributed by atoms with Crippen molar-refractivity contribution < 1.29 is 27.1 Å². The van der Waals surface area contributed by atoms with E-state index in [-0.39, 0.29) is 35.2 Å². The second kappa shape index (κ2) is 5.58. The number of carbonyl (C=O) groups excluding carboxylic acids is 1. The Morgan fingerprint density at radius 3 is 2.75 bits per heavy atom. The first-order valence-electron chi connectivity index (χ1n) is 6.62. The molecule has 0 aliphatic rings. The van der Waals surface area contributed by atoms with Gasteiger partial charge in [0, 0.05) is 11.8 Å². The van der Waals surface area contributed by atoms with Gasteiger partial charge in [-0.2, -0.15) is 18.3 Å². The molecule has 0 N–H and O–H groups in total. The van der Waals surface area contributed by atoms with Gasteiger partial charge in [-0.15, -0.1) is 10.2 Å². The van der Waals surface area contributed by atoms with Crippen molar-refractivity contribution in [2.45, 2.75) is 19.5 Å². The third-order valence-corrected chi connectivity index (χ3v) is 3.05. The third kappa shape index (κ3) is 2.92. The molecule has 0 unspecified atom stereocenters. The first-order valence-corrected chi connectivity index (χ1v) is 6.62. The fraction of sp³-hybridized carbons (Fsp3) is 0.308. The van der Waals surface area contributed by atoms with Gasteiger partial charge in [0.1, 0.15) is 12.1 Å². The molecule has 3 heterocycles. The number of esters is 1. The van der Waals surface area contributed by atoms with Gasteiger partial charge in [0.05, 0.1) is 7.11 Å². The van der Waals surface area contributed by atoms with Crippen LogP contribution in [-0.4, -0.2) is 37.9 Å². The van der Waals surface area contributed by atoms with E-state index in [4.69, 9.17) is 4.42 Å². The Labute approximate surface area is 132 Å². The summed E-state index contributed by atoms with van der Waals surface area (Å²) in [6.45, 7) is 1.45. The predicted molar refractivity (Wildman–Crippen MR) is 71.7 cm³/mol. The van der Waals surface area contributed by atoms with Gasteiger partial charge in [0.2, 0.25) is 5.89 Å². The quantitative estimate of drug-likeness (QED) is 0.671. The van der Waals surface area contributed by atoms with Crippen molar-refractivity contribution in [3.63, 3.8) is 0 Å². The summed E-state index contributed by atoms with van der Waals surface area (Å²) in [7, 11) is 1.20. The Morgan fingerprint density at radius 2 is 2.08 bits per heavy atom. The molecule has 0 aromatic carbocycles. The smallest absolute Gasteiger partial charge is 0.433 e. The second-order valence-electron chi connectivity index (χ2n) is 4.83. The Kier molecular flexibility index (Phi) is 3.70. The minimum Gasteiger partial charge on any atom is -0.469 e. The highest BCUT2D eigenvalue weighted by atomic mass is 19.4. The van der Waals surface area contributed by atoms with Crippen LogP contribution in [0.3, 0.4) is 0 Å². The number of alkyl halides is 3. The molecule has 0 saturated carbocycles. The molecule has 0 aliphatic heterocycles. The molecule has 8 nitrogen and oxygen atoms in total.